The highest BCUT2D eigenvalue weighted by molar-refractivity contribution is 5.68. The van der Waals surface area contributed by atoms with Gasteiger partial charge in [-0.05, 0) is 110 Å². The average molecular weight is 618 g/mol. The van der Waals surface area contributed by atoms with Gasteiger partial charge < -0.3 is 35.3 Å². The minimum atomic E-state index is -0.358. The van der Waals surface area contributed by atoms with Gasteiger partial charge in [0.2, 0.25) is 0 Å². The molecule has 44 heavy (non-hydrogen) atoms. The summed E-state index contributed by atoms with van der Waals surface area (Å²) in [7, 11) is 2.63. The maximum atomic E-state index is 12.7. The van der Waals surface area contributed by atoms with Crippen LogP contribution in [0, 0.1) is 51.2 Å². The van der Waals surface area contributed by atoms with E-state index in [9.17, 15) is 9.59 Å². The number of hydrogen-bond acceptors (Lipinski definition) is 7. The highest BCUT2D eigenvalue weighted by atomic mass is 16.6. The third-order valence-electron chi connectivity index (χ3n) is 14.4. The Kier molecular flexibility index (Phi) is 8.52. The second-order valence-electron chi connectivity index (χ2n) is 16.6. The monoisotopic (exact) mass is 617 g/mol. The van der Waals surface area contributed by atoms with Gasteiger partial charge in [0.05, 0.1) is 18.2 Å². The van der Waals surface area contributed by atoms with Gasteiger partial charge in [0.1, 0.15) is 12.2 Å². The molecular formula is C35H59N3O6. The van der Waals surface area contributed by atoms with E-state index in [2.05, 4.69) is 50.6 Å². The fourth-order valence-electron chi connectivity index (χ4n) is 12.2. The van der Waals surface area contributed by atoms with Crippen molar-refractivity contribution < 1.29 is 28.9 Å². The van der Waals surface area contributed by atoms with Gasteiger partial charge in [-0.2, -0.15) is 0 Å². The lowest BCUT2D eigenvalue weighted by Gasteiger charge is -2.59. The summed E-state index contributed by atoms with van der Waals surface area (Å²) in [6.45, 7) is 13.3. The second-order valence-corrected chi connectivity index (χ2v) is 16.6. The molecule has 0 bridgehead atoms. The molecule has 7 rings (SSSR count). The molecule has 2 spiro atoms. The molecule has 0 aromatic rings. The number of amides is 2. The van der Waals surface area contributed by atoms with Crippen molar-refractivity contribution in [2.75, 3.05) is 27.2 Å². The SMILES string of the molecule is CNC(=O)O[C@H](C(C)C)C1CCC2C(CC3C4CCC5C(C)(C)[C@@H](OC(=O)NC6CNC6)CCC56C[C@@]46CCC23C)O1.CO. The molecule has 2 amide bonds. The van der Waals surface area contributed by atoms with E-state index in [-0.39, 0.29) is 54.0 Å². The minimum Gasteiger partial charge on any atom is -0.446 e. The van der Waals surface area contributed by atoms with Crippen molar-refractivity contribution in [1.82, 2.24) is 16.0 Å². The van der Waals surface area contributed by atoms with Gasteiger partial charge in [0.25, 0.3) is 0 Å². The molecule has 0 radical (unpaired) electrons. The number of rotatable bonds is 5. The Labute approximate surface area is 264 Å². The largest absolute Gasteiger partial charge is 0.446 e. The lowest BCUT2D eigenvalue weighted by molar-refractivity contribution is -0.148. The molecular weight excluding hydrogens is 558 g/mol. The summed E-state index contributed by atoms with van der Waals surface area (Å²) in [6.07, 6.45) is 11.6. The number of carbonyl (C=O) groups excluding carboxylic acids is 2. The van der Waals surface area contributed by atoms with Gasteiger partial charge in [-0.25, -0.2) is 9.59 Å². The van der Waals surface area contributed by atoms with Gasteiger partial charge in [-0.15, -0.1) is 0 Å². The molecule has 4 N–H and O–H groups in total. The molecule has 5 saturated carbocycles. The third-order valence-corrected chi connectivity index (χ3v) is 14.4. The molecule has 9 heteroatoms. The van der Waals surface area contributed by atoms with Crippen molar-refractivity contribution >= 4 is 12.2 Å². The summed E-state index contributed by atoms with van der Waals surface area (Å²) in [5, 5.41) is 15.9. The first-order chi connectivity index (χ1) is 20.9. The summed E-state index contributed by atoms with van der Waals surface area (Å²) in [5.74, 6) is 2.96. The Bertz CT molecular complexity index is 1100. The predicted molar refractivity (Wildman–Crippen MR) is 168 cm³/mol. The van der Waals surface area contributed by atoms with Crippen molar-refractivity contribution in [3.8, 4) is 0 Å². The average Bonchev–Trinajstić information content (AvgIpc) is 3.55. The summed E-state index contributed by atoms with van der Waals surface area (Å²) >= 11 is 0. The van der Waals surface area contributed by atoms with Crippen LogP contribution in [0.25, 0.3) is 0 Å². The van der Waals surface area contributed by atoms with Gasteiger partial charge >= 0.3 is 12.2 Å². The lowest BCUT2D eigenvalue weighted by Crippen LogP contribution is -2.59. The van der Waals surface area contributed by atoms with E-state index >= 15 is 0 Å². The number of carbonyl (C=O) groups is 2. The molecule has 7 aliphatic rings. The fourth-order valence-corrected chi connectivity index (χ4v) is 12.2. The highest BCUT2D eigenvalue weighted by Crippen LogP contribution is 2.87. The van der Waals surface area contributed by atoms with Gasteiger partial charge in [0.15, 0.2) is 0 Å². The van der Waals surface area contributed by atoms with E-state index < -0.39 is 0 Å². The summed E-state index contributed by atoms with van der Waals surface area (Å²) in [4.78, 5) is 24.9. The van der Waals surface area contributed by atoms with Crippen LogP contribution in [0.15, 0.2) is 0 Å². The number of alkyl carbamates (subject to hydrolysis) is 2. The van der Waals surface area contributed by atoms with Gasteiger partial charge in [-0.1, -0.05) is 34.6 Å². The molecule has 8 unspecified atom stereocenters. The molecule has 2 aliphatic heterocycles. The molecule has 9 nitrogen and oxygen atoms in total. The van der Waals surface area contributed by atoms with Gasteiger partial charge in [-0.3, -0.25) is 0 Å². The first-order valence-electron chi connectivity index (χ1n) is 17.6. The van der Waals surface area contributed by atoms with Crippen molar-refractivity contribution in [3.63, 3.8) is 0 Å². The normalized spacial score (nSPS) is 45.3. The van der Waals surface area contributed by atoms with E-state index in [1.807, 2.05) is 0 Å². The molecule has 2 saturated heterocycles. The maximum absolute atomic E-state index is 12.7. The topological polar surface area (TPSA) is 118 Å². The van der Waals surface area contributed by atoms with Crippen LogP contribution >= 0.6 is 0 Å². The minimum absolute atomic E-state index is 0.000685. The Balaban J connectivity index is 0.00000168. The second kappa shape index (κ2) is 11.6. The highest BCUT2D eigenvalue weighted by Gasteiger charge is 2.81. The van der Waals surface area contributed by atoms with Gasteiger partial charge in [0, 0.05) is 32.7 Å². The number of ether oxygens (including phenoxy) is 3. The van der Waals surface area contributed by atoms with Crippen molar-refractivity contribution in [2.45, 2.75) is 129 Å². The van der Waals surface area contributed by atoms with Crippen LogP contribution in [-0.2, 0) is 14.2 Å². The van der Waals surface area contributed by atoms with Crippen molar-refractivity contribution in [2.24, 2.45) is 51.2 Å². The van der Waals surface area contributed by atoms with Crippen LogP contribution < -0.4 is 16.0 Å². The molecule has 11 atom stereocenters. The number of hydrogen-bond donors (Lipinski definition) is 4. The van der Waals surface area contributed by atoms with E-state index in [0.717, 1.165) is 44.9 Å². The zero-order valence-electron chi connectivity index (χ0n) is 28.2. The van der Waals surface area contributed by atoms with Crippen molar-refractivity contribution in [1.29, 1.82) is 0 Å². The summed E-state index contributed by atoms with van der Waals surface area (Å²) in [5.41, 5.74) is 1.24. The Hall–Kier alpha value is -1.58. The fraction of sp³-hybridized carbons (Fsp3) is 0.943. The first-order valence-corrected chi connectivity index (χ1v) is 17.6. The zero-order valence-corrected chi connectivity index (χ0v) is 28.2. The van der Waals surface area contributed by atoms with E-state index in [4.69, 9.17) is 19.3 Å². The van der Waals surface area contributed by atoms with Crippen LogP contribution in [0.1, 0.15) is 98.8 Å². The van der Waals surface area contributed by atoms with Crippen LogP contribution in [0.3, 0.4) is 0 Å². The van der Waals surface area contributed by atoms with Crippen LogP contribution in [0.2, 0.25) is 0 Å². The quantitative estimate of drug-likeness (QED) is 0.333. The van der Waals surface area contributed by atoms with E-state index in [1.165, 1.54) is 51.4 Å². The lowest BCUT2D eigenvalue weighted by atomic mass is 9.46. The van der Waals surface area contributed by atoms with Crippen LogP contribution in [0.5, 0.6) is 0 Å². The molecule has 250 valence electrons. The number of aliphatic hydroxyl groups is 1. The van der Waals surface area contributed by atoms with Crippen molar-refractivity contribution in [3.05, 3.63) is 0 Å². The summed E-state index contributed by atoms with van der Waals surface area (Å²) in [6, 6.07) is 0.211. The molecule has 5 aliphatic carbocycles. The maximum Gasteiger partial charge on any atom is 0.407 e. The molecule has 0 aromatic carbocycles. The number of aliphatic hydroxyl groups excluding tert-OH is 1. The number of nitrogens with one attached hydrogen (secondary N) is 3. The molecule has 0 aromatic heterocycles. The smallest absolute Gasteiger partial charge is 0.407 e. The Morgan fingerprint density at radius 2 is 1.64 bits per heavy atom. The molecule has 7 fully saturated rings. The standard InChI is InChI=1S/C34H55N3O5.CH4O/c1-19(2)28(42-29(38)35-6)24-9-7-22-25(40-24)15-23-21-8-10-26-31(3,4)27(41-30(39)37-20-16-36-17-20)11-12-34(26)18-33(21,34)14-13-32(22,23)5;1-2/h19-28,36H,7-18H2,1-6H3,(H,35,38)(H,37,39);2H,1H3/t21?,22?,23?,24?,25?,26?,27-,28+,32?,33-,34?;/m0./s1. The van der Waals surface area contributed by atoms with Crippen LogP contribution in [0.4, 0.5) is 9.59 Å². The van der Waals surface area contributed by atoms with E-state index in [0.29, 0.717) is 28.1 Å². The Morgan fingerprint density at radius 3 is 2.30 bits per heavy atom. The van der Waals surface area contributed by atoms with Crippen LogP contribution in [-0.4, -0.2) is 75.0 Å². The predicted octanol–water partition coefficient (Wildman–Crippen LogP) is 5.25. The molecule has 2 heterocycles. The van der Waals surface area contributed by atoms with E-state index in [1.54, 1.807) is 7.05 Å². The number of fused-ring (bicyclic) bond motifs is 4. The summed E-state index contributed by atoms with van der Waals surface area (Å²) < 4.78 is 18.9. The third kappa shape index (κ3) is 4.80. The Morgan fingerprint density at radius 1 is 0.909 bits per heavy atom. The first kappa shape index (κ1) is 32.4. The zero-order chi connectivity index (χ0) is 31.7.